The quantitative estimate of drug-likeness (QED) is 0.442. The second-order valence-corrected chi connectivity index (χ2v) is 13.9. The highest BCUT2D eigenvalue weighted by atomic mass is 35.5. The molecule has 0 radical (unpaired) electrons. The highest BCUT2D eigenvalue weighted by Crippen LogP contribution is 2.46. The van der Waals surface area contributed by atoms with E-state index in [1.165, 1.54) is 24.0 Å². The van der Waals surface area contributed by atoms with Gasteiger partial charge in [-0.3, -0.25) is 4.79 Å². The lowest BCUT2D eigenvalue weighted by atomic mass is 9.88. The van der Waals surface area contributed by atoms with E-state index in [0.717, 1.165) is 24.3 Å². The summed E-state index contributed by atoms with van der Waals surface area (Å²) in [7, 11) is -7.40. The molecule has 2 unspecified atom stereocenters. The number of aromatic hydroxyl groups is 1. The molecule has 2 aromatic rings. The second kappa shape index (κ2) is 10.5. The first-order valence-electron chi connectivity index (χ1n) is 11.3. The first kappa shape index (κ1) is 30.0. The maximum atomic E-state index is 14.0. The number of carbonyl (C=O) groups excluding carboxylic acids is 1. The van der Waals surface area contributed by atoms with Gasteiger partial charge in [0.05, 0.1) is 44.5 Å². The van der Waals surface area contributed by atoms with Gasteiger partial charge in [0.15, 0.2) is 25.3 Å². The number of nitrogens with zero attached hydrogens (tertiary/aromatic N) is 1. The number of rotatable bonds is 7. The number of aliphatic hydroxyl groups is 1. The molecule has 1 aliphatic heterocycles. The number of nitrogens with one attached hydrogen (secondary N) is 1. The normalized spacial score (nSPS) is 18.4. The summed E-state index contributed by atoms with van der Waals surface area (Å²) >= 11 is 6.56. The largest absolute Gasteiger partial charge is 0.507 e. The van der Waals surface area contributed by atoms with E-state index in [1.807, 2.05) is 0 Å². The summed E-state index contributed by atoms with van der Waals surface area (Å²) in [6.07, 6.45) is -5.29. The van der Waals surface area contributed by atoms with Gasteiger partial charge >= 0.3 is 6.18 Å². The molecule has 0 saturated carbocycles. The predicted molar refractivity (Wildman–Crippen MR) is 135 cm³/mol. The number of hydrogen-bond donors (Lipinski definition) is 3. The number of alkyl halides is 3. The maximum Gasteiger partial charge on any atom is 0.419 e. The molecule has 2 atom stereocenters. The van der Waals surface area contributed by atoms with Crippen LogP contribution in [0.1, 0.15) is 35.8 Å². The smallest absolute Gasteiger partial charge is 0.419 e. The first-order chi connectivity index (χ1) is 17.4. The molecule has 1 saturated heterocycles. The van der Waals surface area contributed by atoms with Crippen LogP contribution in [0, 0.1) is 0 Å². The molecule has 3 rings (SSSR count). The summed E-state index contributed by atoms with van der Waals surface area (Å²) in [4.78, 5) is 13.9. The molecule has 0 aromatic heterocycles. The van der Waals surface area contributed by atoms with E-state index in [2.05, 4.69) is 5.32 Å². The van der Waals surface area contributed by atoms with E-state index in [4.69, 9.17) is 11.6 Å². The van der Waals surface area contributed by atoms with Crippen LogP contribution < -0.4 is 10.2 Å². The number of benzene rings is 2. The Labute approximate surface area is 223 Å². The molecule has 0 spiro atoms. The summed E-state index contributed by atoms with van der Waals surface area (Å²) in [6.45, 7) is 1.42. The van der Waals surface area contributed by atoms with Crippen LogP contribution >= 0.6 is 11.6 Å². The van der Waals surface area contributed by atoms with Gasteiger partial charge in [-0.2, -0.15) is 13.2 Å². The van der Waals surface area contributed by atoms with Crippen molar-refractivity contribution < 1.29 is 45.0 Å². The van der Waals surface area contributed by atoms with Gasteiger partial charge in [-0.25, -0.2) is 16.8 Å². The summed E-state index contributed by atoms with van der Waals surface area (Å²) in [6, 6.07) is 4.78. The fourth-order valence-corrected chi connectivity index (χ4v) is 6.74. The van der Waals surface area contributed by atoms with Gasteiger partial charge in [0.2, 0.25) is 0 Å². The minimum absolute atomic E-state index is 0.178. The van der Waals surface area contributed by atoms with Crippen LogP contribution in [0.3, 0.4) is 0 Å². The molecular formula is C23H26ClF3N2O7S2. The maximum absolute atomic E-state index is 14.0. The van der Waals surface area contributed by atoms with E-state index in [9.17, 15) is 45.0 Å². The highest BCUT2D eigenvalue weighted by molar-refractivity contribution is 7.91. The van der Waals surface area contributed by atoms with Crippen LogP contribution in [0.4, 0.5) is 18.9 Å². The van der Waals surface area contributed by atoms with Gasteiger partial charge < -0.3 is 20.4 Å². The highest BCUT2D eigenvalue weighted by Gasteiger charge is 2.56. The van der Waals surface area contributed by atoms with Crippen LogP contribution in [0.2, 0.25) is 5.02 Å². The Morgan fingerprint density at radius 3 is 2.26 bits per heavy atom. The molecule has 1 aliphatic rings. The number of halogens is 4. The molecule has 0 bridgehead atoms. The number of phenols is 1. The van der Waals surface area contributed by atoms with Gasteiger partial charge in [-0.15, -0.1) is 0 Å². The second-order valence-electron chi connectivity index (χ2n) is 8.93. The van der Waals surface area contributed by atoms with Crippen LogP contribution in [0.25, 0.3) is 0 Å². The van der Waals surface area contributed by atoms with Crippen LogP contribution in [0.15, 0.2) is 41.3 Å². The minimum Gasteiger partial charge on any atom is -0.507 e. The zero-order valence-electron chi connectivity index (χ0n) is 20.3. The fourth-order valence-electron chi connectivity index (χ4n) is 3.98. The molecule has 2 aromatic carbocycles. The van der Waals surface area contributed by atoms with E-state index < -0.39 is 59.7 Å². The van der Waals surface area contributed by atoms with Gasteiger partial charge in [-0.05, 0) is 30.7 Å². The molecule has 3 N–H and O–H groups in total. The zero-order valence-corrected chi connectivity index (χ0v) is 22.7. The third kappa shape index (κ3) is 5.87. The van der Waals surface area contributed by atoms with Crippen LogP contribution in [0.5, 0.6) is 5.75 Å². The van der Waals surface area contributed by atoms with Crippen molar-refractivity contribution in [1.82, 2.24) is 5.32 Å². The van der Waals surface area contributed by atoms with E-state index in [-0.39, 0.29) is 46.5 Å². The number of anilines is 1. The van der Waals surface area contributed by atoms with Crippen molar-refractivity contribution in [2.24, 2.45) is 0 Å². The molecule has 1 amide bonds. The Balaban J connectivity index is 2.24. The molecule has 1 fully saturated rings. The van der Waals surface area contributed by atoms with Gasteiger partial charge in [0, 0.05) is 13.1 Å². The van der Waals surface area contributed by atoms with E-state index >= 15 is 0 Å². The Hall–Kier alpha value is -2.55. The summed E-state index contributed by atoms with van der Waals surface area (Å²) < 4.78 is 91.7. The number of amides is 1. The van der Waals surface area contributed by atoms with Gasteiger partial charge in [0.1, 0.15) is 5.75 Å². The van der Waals surface area contributed by atoms with Crippen molar-refractivity contribution >= 4 is 42.9 Å². The van der Waals surface area contributed by atoms with Gasteiger partial charge in [0.25, 0.3) is 5.91 Å². The molecule has 1 heterocycles. The monoisotopic (exact) mass is 598 g/mol. The van der Waals surface area contributed by atoms with Crippen molar-refractivity contribution in [2.45, 2.75) is 36.6 Å². The number of phenolic OH excluding ortho intramolecular Hbond substituents is 1. The Morgan fingerprint density at radius 2 is 1.74 bits per heavy atom. The molecule has 38 heavy (non-hydrogen) atoms. The van der Waals surface area contributed by atoms with Gasteiger partial charge in [-0.1, -0.05) is 36.7 Å². The summed E-state index contributed by atoms with van der Waals surface area (Å²) in [5, 5.41) is 22.2. The summed E-state index contributed by atoms with van der Waals surface area (Å²) in [5.41, 5.74) is -4.67. The lowest BCUT2D eigenvalue weighted by molar-refractivity contribution is -0.263. The molecule has 210 valence electrons. The Morgan fingerprint density at radius 1 is 1.16 bits per heavy atom. The molecular weight excluding hydrogens is 573 g/mol. The van der Waals surface area contributed by atoms with Crippen molar-refractivity contribution in [3.63, 3.8) is 0 Å². The average molecular weight is 599 g/mol. The molecule has 9 nitrogen and oxygen atoms in total. The average Bonchev–Trinajstić information content (AvgIpc) is 2.82. The number of sulfone groups is 2. The van der Waals surface area contributed by atoms with Crippen molar-refractivity contribution in [1.29, 1.82) is 0 Å². The topological polar surface area (TPSA) is 141 Å². The van der Waals surface area contributed by atoms with E-state index in [0.29, 0.717) is 6.92 Å². The van der Waals surface area contributed by atoms with Crippen molar-refractivity contribution in [2.75, 3.05) is 35.2 Å². The lowest BCUT2D eigenvalue weighted by Gasteiger charge is -2.37. The standard InChI is InChI=1S/C23H26ClF3N2O7S2/c1-3-38(35,36)17-9-8-15(18(24)19(17)29-10-12-37(33,34)13-11-29)20(22(2,32)23(25,26)27)28-21(31)14-6-4-5-7-16(14)30/h4-9,20,30,32H,3,10-13H2,1-2H3,(H,28,31). The number of hydrogen-bond acceptors (Lipinski definition) is 8. The number of para-hydroxylation sites is 1. The molecule has 15 heteroatoms. The fraction of sp³-hybridized carbons (Fsp3) is 0.435. The van der Waals surface area contributed by atoms with Crippen molar-refractivity contribution in [3.8, 4) is 5.75 Å². The van der Waals surface area contributed by atoms with Crippen LogP contribution in [-0.4, -0.2) is 75.1 Å². The predicted octanol–water partition coefficient (Wildman–Crippen LogP) is 2.86. The Kier molecular flexibility index (Phi) is 8.33. The van der Waals surface area contributed by atoms with Crippen molar-refractivity contribution in [3.05, 3.63) is 52.5 Å². The SMILES string of the molecule is CCS(=O)(=O)c1ccc(C(NC(=O)c2ccccc2O)C(C)(O)C(F)(F)F)c(Cl)c1N1CCS(=O)(=O)CC1. The van der Waals surface area contributed by atoms with Crippen LogP contribution in [-0.2, 0) is 19.7 Å². The third-order valence-electron chi connectivity index (χ3n) is 6.36. The van der Waals surface area contributed by atoms with E-state index in [1.54, 1.807) is 0 Å². The molecule has 0 aliphatic carbocycles. The third-order valence-corrected chi connectivity index (χ3v) is 10.1. The number of carbonyl (C=O) groups is 1. The summed E-state index contributed by atoms with van der Waals surface area (Å²) in [5.74, 6) is -2.75. The first-order valence-corrected chi connectivity index (χ1v) is 15.2. The zero-order chi connectivity index (χ0) is 28.7. The minimum atomic E-state index is -5.29. The lowest BCUT2D eigenvalue weighted by Crippen LogP contribution is -2.53. The Bertz CT molecular complexity index is 1430.